The van der Waals surface area contributed by atoms with Gasteiger partial charge in [-0.15, -0.1) is 0 Å². The Labute approximate surface area is 84.1 Å². The molecule has 1 aromatic carbocycles. The van der Waals surface area contributed by atoms with E-state index in [1.165, 1.54) is 0 Å². The molecule has 0 atom stereocenters. The number of rotatable bonds is 4. The third kappa shape index (κ3) is 2.48. The first-order valence-electron chi connectivity index (χ1n) is 4.67. The van der Waals surface area contributed by atoms with Crippen LogP contribution in [-0.2, 0) is 6.54 Å². The molecule has 0 aliphatic rings. The van der Waals surface area contributed by atoms with Crippen molar-refractivity contribution in [3.05, 3.63) is 29.3 Å². The summed E-state index contributed by atoms with van der Waals surface area (Å²) >= 11 is 0. The molecule has 0 spiro atoms. The molecule has 0 bridgehead atoms. The van der Waals surface area contributed by atoms with Crippen LogP contribution in [-0.4, -0.2) is 6.61 Å². The number of hydrogen-bond donors (Lipinski definition) is 1. The van der Waals surface area contributed by atoms with Crippen LogP contribution in [0.3, 0.4) is 0 Å². The third-order valence-electron chi connectivity index (χ3n) is 1.88. The van der Waals surface area contributed by atoms with Crippen molar-refractivity contribution in [3.8, 4) is 11.8 Å². The van der Waals surface area contributed by atoms with Gasteiger partial charge in [-0.25, -0.2) is 0 Å². The molecule has 0 aliphatic heterocycles. The number of ether oxygens (including phenoxy) is 1. The quantitative estimate of drug-likeness (QED) is 0.787. The molecule has 0 fully saturated rings. The fraction of sp³-hybridized carbons (Fsp3) is 0.364. The molecule has 0 radical (unpaired) electrons. The maximum atomic E-state index is 8.71. The number of benzene rings is 1. The highest BCUT2D eigenvalue weighted by Crippen LogP contribution is 2.19. The Balaban J connectivity index is 2.91. The summed E-state index contributed by atoms with van der Waals surface area (Å²) in [5, 5.41) is 8.71. The number of nitriles is 1. The summed E-state index contributed by atoms with van der Waals surface area (Å²) in [6.45, 7) is 3.13. The van der Waals surface area contributed by atoms with Crippen molar-refractivity contribution in [1.82, 2.24) is 0 Å². The second kappa shape index (κ2) is 5.25. The Kier molecular flexibility index (Phi) is 3.96. The Bertz CT molecular complexity index is 342. The van der Waals surface area contributed by atoms with Crippen LogP contribution in [0.25, 0.3) is 0 Å². The summed E-state index contributed by atoms with van der Waals surface area (Å²) < 4.78 is 5.49. The maximum Gasteiger partial charge on any atom is 0.125 e. The van der Waals surface area contributed by atoms with E-state index in [4.69, 9.17) is 15.7 Å². The van der Waals surface area contributed by atoms with Gasteiger partial charge in [0, 0.05) is 12.1 Å². The van der Waals surface area contributed by atoms with Gasteiger partial charge in [-0.3, -0.25) is 0 Å². The molecule has 3 heteroatoms. The summed E-state index contributed by atoms with van der Waals surface area (Å²) in [5.74, 6) is 0.730. The van der Waals surface area contributed by atoms with Gasteiger partial charge >= 0.3 is 0 Å². The number of nitrogens with zero attached hydrogens (tertiary/aromatic N) is 1. The Hall–Kier alpha value is -1.53. The van der Waals surface area contributed by atoms with E-state index >= 15 is 0 Å². The van der Waals surface area contributed by atoms with Crippen LogP contribution in [0.1, 0.15) is 24.5 Å². The lowest BCUT2D eigenvalue weighted by atomic mass is 10.1. The third-order valence-corrected chi connectivity index (χ3v) is 1.88. The molecule has 0 aromatic heterocycles. The summed E-state index contributed by atoms with van der Waals surface area (Å²) in [6.07, 6.45) is 0.945. The zero-order valence-electron chi connectivity index (χ0n) is 8.29. The van der Waals surface area contributed by atoms with Crippen molar-refractivity contribution < 1.29 is 4.74 Å². The van der Waals surface area contributed by atoms with Crippen LogP contribution < -0.4 is 10.5 Å². The molecular weight excluding hydrogens is 176 g/mol. The Morgan fingerprint density at radius 1 is 1.50 bits per heavy atom. The summed E-state index contributed by atoms with van der Waals surface area (Å²) in [6, 6.07) is 7.40. The van der Waals surface area contributed by atoms with Crippen LogP contribution in [0.2, 0.25) is 0 Å². The molecule has 1 rings (SSSR count). The first-order valence-corrected chi connectivity index (χ1v) is 4.67. The minimum absolute atomic E-state index is 0.435. The van der Waals surface area contributed by atoms with E-state index in [9.17, 15) is 0 Å². The zero-order chi connectivity index (χ0) is 10.4. The van der Waals surface area contributed by atoms with Crippen molar-refractivity contribution in [1.29, 1.82) is 5.26 Å². The average Bonchev–Trinajstić information content (AvgIpc) is 2.25. The van der Waals surface area contributed by atoms with Crippen LogP contribution in [0.15, 0.2) is 18.2 Å². The monoisotopic (exact) mass is 190 g/mol. The van der Waals surface area contributed by atoms with E-state index in [2.05, 4.69) is 6.07 Å². The average molecular weight is 190 g/mol. The predicted molar refractivity (Wildman–Crippen MR) is 54.8 cm³/mol. The van der Waals surface area contributed by atoms with E-state index in [-0.39, 0.29) is 0 Å². The highest BCUT2D eigenvalue weighted by Gasteiger charge is 2.03. The maximum absolute atomic E-state index is 8.71. The first-order chi connectivity index (χ1) is 6.81. The molecule has 0 saturated carbocycles. The second-order valence-electron chi connectivity index (χ2n) is 2.99. The van der Waals surface area contributed by atoms with E-state index in [1.807, 2.05) is 13.0 Å². The van der Waals surface area contributed by atoms with Gasteiger partial charge in [-0.05, 0) is 18.6 Å². The van der Waals surface area contributed by atoms with Gasteiger partial charge in [0.25, 0.3) is 0 Å². The Morgan fingerprint density at radius 3 is 2.86 bits per heavy atom. The van der Waals surface area contributed by atoms with Crippen LogP contribution in [0.4, 0.5) is 0 Å². The molecule has 0 unspecified atom stereocenters. The van der Waals surface area contributed by atoms with E-state index in [1.54, 1.807) is 12.1 Å². The van der Waals surface area contributed by atoms with E-state index in [0.29, 0.717) is 18.7 Å². The molecule has 0 aliphatic carbocycles. The molecular formula is C11H14N2O. The molecule has 0 saturated heterocycles. The van der Waals surface area contributed by atoms with Crippen LogP contribution in [0.5, 0.6) is 5.75 Å². The van der Waals surface area contributed by atoms with Gasteiger partial charge in [-0.2, -0.15) is 5.26 Å². The number of hydrogen-bond acceptors (Lipinski definition) is 3. The molecule has 1 aromatic rings. The lowest BCUT2D eigenvalue weighted by Gasteiger charge is -2.09. The lowest BCUT2D eigenvalue weighted by molar-refractivity contribution is 0.314. The first kappa shape index (κ1) is 10.6. The SMILES string of the molecule is CCCOc1cc(C#N)ccc1CN. The molecule has 0 amide bonds. The van der Waals surface area contributed by atoms with Gasteiger partial charge < -0.3 is 10.5 Å². The fourth-order valence-corrected chi connectivity index (χ4v) is 1.14. The summed E-state index contributed by atoms with van der Waals surface area (Å²) in [5.41, 5.74) is 7.10. The molecule has 2 N–H and O–H groups in total. The molecule has 74 valence electrons. The molecule has 14 heavy (non-hydrogen) atoms. The standard InChI is InChI=1S/C11H14N2O/c1-2-5-14-11-6-9(7-12)3-4-10(11)8-13/h3-4,6H,2,5,8,13H2,1H3. The van der Waals surface area contributed by atoms with Gasteiger partial charge in [0.15, 0.2) is 0 Å². The highest BCUT2D eigenvalue weighted by molar-refractivity contribution is 5.42. The number of nitrogens with two attached hydrogens (primary N) is 1. The largest absolute Gasteiger partial charge is 0.493 e. The highest BCUT2D eigenvalue weighted by atomic mass is 16.5. The van der Waals surface area contributed by atoms with Crippen LogP contribution >= 0.6 is 0 Å². The normalized spacial score (nSPS) is 9.50. The van der Waals surface area contributed by atoms with Crippen molar-refractivity contribution in [2.75, 3.05) is 6.61 Å². The fourth-order valence-electron chi connectivity index (χ4n) is 1.14. The smallest absolute Gasteiger partial charge is 0.125 e. The summed E-state index contributed by atoms with van der Waals surface area (Å²) in [7, 11) is 0. The minimum Gasteiger partial charge on any atom is -0.493 e. The van der Waals surface area contributed by atoms with Crippen LogP contribution in [0, 0.1) is 11.3 Å². The predicted octanol–water partition coefficient (Wildman–Crippen LogP) is 1.81. The van der Waals surface area contributed by atoms with Crippen molar-refractivity contribution in [2.24, 2.45) is 5.73 Å². The van der Waals surface area contributed by atoms with Crippen molar-refractivity contribution in [2.45, 2.75) is 19.9 Å². The van der Waals surface area contributed by atoms with E-state index in [0.717, 1.165) is 17.7 Å². The molecule has 0 heterocycles. The van der Waals surface area contributed by atoms with E-state index < -0.39 is 0 Å². The molecule has 3 nitrogen and oxygen atoms in total. The lowest BCUT2D eigenvalue weighted by Crippen LogP contribution is -2.03. The van der Waals surface area contributed by atoms with Gasteiger partial charge in [-0.1, -0.05) is 13.0 Å². The van der Waals surface area contributed by atoms with Gasteiger partial charge in [0.2, 0.25) is 0 Å². The van der Waals surface area contributed by atoms with Gasteiger partial charge in [0.1, 0.15) is 5.75 Å². The van der Waals surface area contributed by atoms with Crippen molar-refractivity contribution in [3.63, 3.8) is 0 Å². The minimum atomic E-state index is 0.435. The Morgan fingerprint density at radius 2 is 2.29 bits per heavy atom. The second-order valence-corrected chi connectivity index (χ2v) is 2.99. The van der Waals surface area contributed by atoms with Crippen molar-refractivity contribution >= 4 is 0 Å². The zero-order valence-corrected chi connectivity index (χ0v) is 8.29. The summed E-state index contributed by atoms with van der Waals surface area (Å²) in [4.78, 5) is 0. The topological polar surface area (TPSA) is 59.0 Å². The van der Waals surface area contributed by atoms with Gasteiger partial charge in [0.05, 0.1) is 18.2 Å².